The number of piperazine rings is 1. The average Bonchev–Trinajstić information content (AvgIpc) is 3.25. The molecule has 1 saturated heterocycles. The quantitative estimate of drug-likeness (QED) is 0.832. The van der Waals surface area contributed by atoms with Crippen LogP contribution in [0.4, 0.5) is 4.79 Å². The number of alkyl carbamates (subject to hydrolysis) is 1. The molecular weight excluding hydrogens is 386 g/mol. The Morgan fingerprint density at radius 2 is 1.57 bits per heavy atom. The zero-order chi connectivity index (χ0) is 21.7. The molecule has 0 spiro atoms. The van der Waals surface area contributed by atoms with Gasteiger partial charge >= 0.3 is 6.09 Å². The Kier molecular flexibility index (Phi) is 6.44. The van der Waals surface area contributed by atoms with Gasteiger partial charge in [-0.05, 0) is 50.6 Å². The number of nitrogens with one attached hydrogen (secondary N) is 1. The molecule has 1 aliphatic heterocycles. The van der Waals surface area contributed by atoms with Gasteiger partial charge in [0.2, 0.25) is 0 Å². The summed E-state index contributed by atoms with van der Waals surface area (Å²) in [7, 11) is 0. The Balaban J connectivity index is 1.49. The Bertz CT molecular complexity index is 876. The highest BCUT2D eigenvalue weighted by Gasteiger charge is 2.26. The Hall–Kier alpha value is -3.29. The van der Waals surface area contributed by atoms with Gasteiger partial charge in [-0.25, -0.2) is 4.79 Å². The second kappa shape index (κ2) is 9.02. The van der Waals surface area contributed by atoms with E-state index in [1.54, 1.807) is 67.0 Å². The Morgan fingerprint density at radius 1 is 0.967 bits per heavy atom. The summed E-state index contributed by atoms with van der Waals surface area (Å²) in [5.74, 6) is 0.0750. The number of benzene rings is 1. The van der Waals surface area contributed by atoms with Crippen LogP contribution >= 0.6 is 0 Å². The van der Waals surface area contributed by atoms with Crippen molar-refractivity contribution in [3.05, 3.63) is 59.5 Å². The van der Waals surface area contributed by atoms with Gasteiger partial charge in [0.25, 0.3) is 11.8 Å². The van der Waals surface area contributed by atoms with Crippen molar-refractivity contribution in [3.8, 4) is 0 Å². The van der Waals surface area contributed by atoms with Crippen molar-refractivity contribution in [2.24, 2.45) is 0 Å². The monoisotopic (exact) mass is 413 g/mol. The minimum atomic E-state index is -0.549. The molecule has 8 nitrogen and oxygen atoms in total. The highest BCUT2D eigenvalue weighted by atomic mass is 16.6. The molecule has 2 heterocycles. The molecule has 160 valence electrons. The third kappa shape index (κ3) is 5.62. The van der Waals surface area contributed by atoms with E-state index in [4.69, 9.17) is 9.15 Å². The molecule has 1 fully saturated rings. The fourth-order valence-corrected chi connectivity index (χ4v) is 3.10. The average molecular weight is 413 g/mol. The number of ether oxygens (including phenoxy) is 1. The van der Waals surface area contributed by atoms with Crippen LogP contribution < -0.4 is 5.32 Å². The summed E-state index contributed by atoms with van der Waals surface area (Å²) in [6.45, 7) is 7.59. The standard InChI is InChI=1S/C22H27N3O5/c1-22(2,3)30-21(28)23-15-16-6-8-17(9-7-16)19(26)24-10-12-25(13-11-24)20(27)18-5-4-14-29-18/h4-9,14H,10-13,15H2,1-3H3,(H,23,28). The van der Waals surface area contributed by atoms with Crippen LogP contribution in [-0.2, 0) is 11.3 Å². The fraction of sp³-hybridized carbons (Fsp3) is 0.409. The van der Waals surface area contributed by atoms with Crippen molar-refractivity contribution in [2.75, 3.05) is 26.2 Å². The molecule has 0 bridgehead atoms. The second-order valence-corrected chi connectivity index (χ2v) is 8.11. The summed E-state index contributed by atoms with van der Waals surface area (Å²) >= 11 is 0. The molecule has 0 unspecified atom stereocenters. The zero-order valence-electron chi connectivity index (χ0n) is 17.5. The summed E-state index contributed by atoms with van der Waals surface area (Å²) in [6, 6.07) is 10.4. The first-order valence-electron chi connectivity index (χ1n) is 9.91. The summed E-state index contributed by atoms with van der Waals surface area (Å²) < 4.78 is 10.4. The van der Waals surface area contributed by atoms with E-state index in [1.807, 2.05) is 0 Å². The lowest BCUT2D eigenvalue weighted by Gasteiger charge is -2.34. The van der Waals surface area contributed by atoms with Crippen LogP contribution in [0.15, 0.2) is 47.1 Å². The maximum Gasteiger partial charge on any atom is 0.407 e. The van der Waals surface area contributed by atoms with Gasteiger partial charge in [0.05, 0.1) is 6.26 Å². The van der Waals surface area contributed by atoms with E-state index in [9.17, 15) is 14.4 Å². The summed E-state index contributed by atoms with van der Waals surface area (Å²) in [4.78, 5) is 40.2. The lowest BCUT2D eigenvalue weighted by atomic mass is 10.1. The number of carbonyl (C=O) groups excluding carboxylic acids is 3. The maximum atomic E-state index is 12.8. The lowest BCUT2D eigenvalue weighted by Crippen LogP contribution is -2.50. The number of hydrogen-bond donors (Lipinski definition) is 1. The number of hydrogen-bond acceptors (Lipinski definition) is 5. The first-order valence-corrected chi connectivity index (χ1v) is 9.91. The van der Waals surface area contributed by atoms with Crippen LogP contribution in [-0.4, -0.2) is 59.5 Å². The largest absolute Gasteiger partial charge is 0.459 e. The fourth-order valence-electron chi connectivity index (χ4n) is 3.10. The van der Waals surface area contributed by atoms with Crippen molar-refractivity contribution in [2.45, 2.75) is 32.9 Å². The predicted octanol–water partition coefficient (Wildman–Crippen LogP) is 2.90. The van der Waals surface area contributed by atoms with Crippen molar-refractivity contribution in [3.63, 3.8) is 0 Å². The molecule has 2 aromatic rings. The summed E-state index contributed by atoms with van der Waals surface area (Å²) in [6.07, 6.45) is 0.990. The molecule has 3 rings (SSSR count). The Labute approximate surface area is 175 Å². The lowest BCUT2D eigenvalue weighted by molar-refractivity contribution is 0.0518. The molecule has 30 heavy (non-hydrogen) atoms. The number of furan rings is 1. The Morgan fingerprint density at radius 3 is 2.10 bits per heavy atom. The van der Waals surface area contributed by atoms with Crippen molar-refractivity contribution in [1.29, 1.82) is 0 Å². The third-order valence-corrected chi connectivity index (χ3v) is 4.62. The summed E-state index contributed by atoms with van der Waals surface area (Å²) in [5.41, 5.74) is 0.889. The van der Waals surface area contributed by atoms with Gasteiger partial charge in [0, 0.05) is 38.3 Å². The summed E-state index contributed by atoms with van der Waals surface area (Å²) in [5, 5.41) is 2.69. The van der Waals surface area contributed by atoms with E-state index in [1.165, 1.54) is 6.26 Å². The van der Waals surface area contributed by atoms with E-state index in [-0.39, 0.29) is 11.8 Å². The molecule has 8 heteroatoms. The first kappa shape index (κ1) is 21.4. The minimum absolute atomic E-state index is 0.0771. The van der Waals surface area contributed by atoms with Crippen molar-refractivity contribution >= 4 is 17.9 Å². The molecule has 0 saturated carbocycles. The van der Waals surface area contributed by atoms with Crippen LogP contribution in [0.5, 0.6) is 0 Å². The molecule has 0 atom stereocenters. The maximum absolute atomic E-state index is 12.8. The van der Waals surface area contributed by atoms with Crippen LogP contribution in [0.25, 0.3) is 0 Å². The van der Waals surface area contributed by atoms with Gasteiger partial charge in [-0.3, -0.25) is 9.59 Å². The number of nitrogens with zero attached hydrogens (tertiary/aromatic N) is 2. The van der Waals surface area contributed by atoms with E-state index >= 15 is 0 Å². The molecule has 1 aliphatic rings. The zero-order valence-corrected chi connectivity index (χ0v) is 17.5. The third-order valence-electron chi connectivity index (χ3n) is 4.62. The number of amides is 3. The molecule has 1 aromatic carbocycles. The van der Waals surface area contributed by atoms with Crippen molar-refractivity contribution in [1.82, 2.24) is 15.1 Å². The molecule has 1 aromatic heterocycles. The van der Waals surface area contributed by atoms with Crippen LogP contribution in [0.1, 0.15) is 47.2 Å². The van der Waals surface area contributed by atoms with Gasteiger partial charge in [-0.1, -0.05) is 12.1 Å². The molecule has 0 aliphatic carbocycles. The van der Waals surface area contributed by atoms with Gasteiger partial charge in [-0.15, -0.1) is 0 Å². The minimum Gasteiger partial charge on any atom is -0.459 e. The predicted molar refractivity (Wildman–Crippen MR) is 110 cm³/mol. The highest BCUT2D eigenvalue weighted by Crippen LogP contribution is 2.13. The van der Waals surface area contributed by atoms with Crippen LogP contribution in [0.3, 0.4) is 0 Å². The molecule has 1 N–H and O–H groups in total. The number of carbonyl (C=O) groups is 3. The molecule has 0 radical (unpaired) electrons. The van der Waals surface area contributed by atoms with E-state index in [0.717, 1.165) is 5.56 Å². The van der Waals surface area contributed by atoms with Gasteiger partial charge in [-0.2, -0.15) is 0 Å². The highest BCUT2D eigenvalue weighted by molar-refractivity contribution is 5.95. The van der Waals surface area contributed by atoms with Gasteiger partial charge < -0.3 is 24.3 Å². The first-order chi connectivity index (χ1) is 14.2. The van der Waals surface area contributed by atoms with Crippen LogP contribution in [0.2, 0.25) is 0 Å². The smallest absolute Gasteiger partial charge is 0.407 e. The van der Waals surface area contributed by atoms with Gasteiger partial charge in [0.1, 0.15) is 5.60 Å². The van der Waals surface area contributed by atoms with E-state index in [2.05, 4.69) is 5.32 Å². The molecular formula is C22H27N3O5. The number of rotatable bonds is 4. The van der Waals surface area contributed by atoms with Gasteiger partial charge in [0.15, 0.2) is 5.76 Å². The van der Waals surface area contributed by atoms with E-state index < -0.39 is 11.7 Å². The second-order valence-electron chi connectivity index (χ2n) is 8.11. The SMILES string of the molecule is CC(C)(C)OC(=O)NCc1ccc(C(=O)N2CCN(C(=O)c3ccco3)CC2)cc1. The normalized spacial score (nSPS) is 14.4. The van der Waals surface area contributed by atoms with Crippen molar-refractivity contribution < 1.29 is 23.5 Å². The van der Waals surface area contributed by atoms with Crippen LogP contribution in [0, 0.1) is 0 Å². The van der Waals surface area contributed by atoms with E-state index in [0.29, 0.717) is 44.0 Å². The topological polar surface area (TPSA) is 92.1 Å². The molecule has 3 amide bonds.